The molecule has 0 bridgehead atoms. The molecule has 6 nitrogen and oxygen atoms in total. The van der Waals surface area contributed by atoms with E-state index in [2.05, 4.69) is 0 Å². The molecule has 6 heteroatoms. The van der Waals surface area contributed by atoms with Crippen LogP contribution in [0.4, 0.5) is 5.69 Å². The summed E-state index contributed by atoms with van der Waals surface area (Å²) in [6.07, 6.45) is 0. The Morgan fingerprint density at radius 1 is 1.38 bits per heavy atom. The van der Waals surface area contributed by atoms with Crippen LogP contribution in [0.1, 0.15) is 5.76 Å². The Kier molecular flexibility index (Phi) is 2.14. The van der Waals surface area contributed by atoms with E-state index in [1.807, 2.05) is 0 Å². The minimum Gasteiger partial charge on any atom is -0.445 e. The first-order valence-electron chi connectivity index (χ1n) is 4.24. The summed E-state index contributed by atoms with van der Waals surface area (Å²) in [7, 11) is 0. The highest BCUT2D eigenvalue weighted by molar-refractivity contribution is 5.79. The van der Waals surface area contributed by atoms with Crippen LogP contribution in [0.2, 0.25) is 0 Å². The minimum absolute atomic E-state index is 0.0909. The number of nitrogens with zero attached hydrogens (tertiary/aromatic N) is 2. The fourth-order valence-electron chi connectivity index (χ4n) is 1.31. The standard InChI is InChI=1S/C10H4N2O4/c11-5-7-4-9(13)8-3-6(12(14)15)1-2-10(8)16-7/h1-4H. The first-order valence-corrected chi connectivity index (χ1v) is 4.24. The highest BCUT2D eigenvalue weighted by Crippen LogP contribution is 2.18. The summed E-state index contributed by atoms with van der Waals surface area (Å²) in [6.45, 7) is 0. The number of fused-ring (bicyclic) bond motifs is 1. The molecule has 0 aliphatic carbocycles. The molecule has 0 amide bonds. The van der Waals surface area contributed by atoms with Crippen molar-refractivity contribution in [1.82, 2.24) is 0 Å². The summed E-state index contributed by atoms with van der Waals surface area (Å²) in [5.41, 5.74) is -0.499. The number of non-ortho nitro benzene ring substituents is 1. The molecule has 1 heterocycles. The van der Waals surface area contributed by atoms with Crippen molar-refractivity contribution in [3.8, 4) is 6.07 Å². The average molecular weight is 216 g/mol. The van der Waals surface area contributed by atoms with E-state index < -0.39 is 10.4 Å². The van der Waals surface area contributed by atoms with Gasteiger partial charge in [-0.25, -0.2) is 0 Å². The molecule has 0 saturated heterocycles. The van der Waals surface area contributed by atoms with Gasteiger partial charge in [-0.3, -0.25) is 14.9 Å². The Hall–Kier alpha value is -2.68. The molecule has 0 fully saturated rings. The summed E-state index contributed by atoms with van der Waals surface area (Å²) in [6, 6.07) is 6.35. The molecule has 0 spiro atoms. The molecular formula is C10H4N2O4. The van der Waals surface area contributed by atoms with Crippen molar-refractivity contribution < 1.29 is 9.34 Å². The lowest BCUT2D eigenvalue weighted by Gasteiger charge is -1.96. The van der Waals surface area contributed by atoms with Gasteiger partial charge in [0.2, 0.25) is 5.76 Å². The summed E-state index contributed by atoms with van der Waals surface area (Å²) < 4.78 is 5.04. The number of nitro groups is 1. The molecule has 0 aliphatic rings. The maximum absolute atomic E-state index is 11.5. The van der Waals surface area contributed by atoms with Crippen LogP contribution >= 0.6 is 0 Å². The topological polar surface area (TPSA) is 97.1 Å². The Morgan fingerprint density at radius 3 is 2.75 bits per heavy atom. The van der Waals surface area contributed by atoms with Crippen LogP contribution in [0.15, 0.2) is 33.5 Å². The maximum atomic E-state index is 11.5. The fraction of sp³-hybridized carbons (Fsp3) is 0. The molecule has 0 radical (unpaired) electrons. The van der Waals surface area contributed by atoms with Crippen LogP contribution < -0.4 is 5.43 Å². The van der Waals surface area contributed by atoms with Crippen LogP contribution in [-0.2, 0) is 0 Å². The van der Waals surface area contributed by atoms with Crippen LogP contribution in [-0.4, -0.2) is 4.92 Å². The van der Waals surface area contributed by atoms with E-state index in [0.29, 0.717) is 0 Å². The fourth-order valence-corrected chi connectivity index (χ4v) is 1.31. The van der Waals surface area contributed by atoms with Crippen LogP contribution in [0.3, 0.4) is 0 Å². The average Bonchev–Trinajstić information content (AvgIpc) is 2.28. The van der Waals surface area contributed by atoms with Crippen LogP contribution in [0, 0.1) is 21.4 Å². The third-order valence-electron chi connectivity index (χ3n) is 2.03. The normalized spacial score (nSPS) is 9.94. The second-order valence-electron chi connectivity index (χ2n) is 3.02. The summed E-state index contributed by atoms with van der Waals surface area (Å²) in [5, 5.41) is 19.2. The lowest BCUT2D eigenvalue weighted by Crippen LogP contribution is -2.01. The lowest BCUT2D eigenvalue weighted by molar-refractivity contribution is -0.384. The van der Waals surface area contributed by atoms with Gasteiger partial charge in [0.1, 0.15) is 11.7 Å². The number of benzene rings is 1. The number of hydrogen-bond donors (Lipinski definition) is 0. The van der Waals surface area contributed by atoms with Crippen molar-refractivity contribution in [3.05, 3.63) is 50.4 Å². The molecule has 1 aromatic heterocycles. The third-order valence-corrected chi connectivity index (χ3v) is 2.03. The molecule has 0 N–H and O–H groups in total. The Morgan fingerprint density at radius 2 is 2.12 bits per heavy atom. The molecular weight excluding hydrogens is 212 g/mol. The summed E-state index contributed by atoms with van der Waals surface area (Å²) in [4.78, 5) is 21.4. The number of nitriles is 1. The lowest BCUT2D eigenvalue weighted by atomic mass is 10.2. The number of nitro benzene ring substituents is 1. The van der Waals surface area contributed by atoms with Gasteiger partial charge in [0, 0.05) is 18.2 Å². The Labute approximate surface area is 88.5 Å². The molecule has 1 aromatic carbocycles. The number of rotatable bonds is 1. The van der Waals surface area contributed by atoms with E-state index in [0.717, 1.165) is 12.1 Å². The molecule has 0 unspecified atom stereocenters. The molecule has 2 rings (SSSR count). The largest absolute Gasteiger partial charge is 0.445 e. The van der Waals surface area contributed by atoms with Crippen molar-refractivity contribution in [2.24, 2.45) is 0 Å². The van der Waals surface area contributed by atoms with Gasteiger partial charge < -0.3 is 4.42 Å². The van der Waals surface area contributed by atoms with Crippen molar-refractivity contribution in [2.75, 3.05) is 0 Å². The highest BCUT2D eigenvalue weighted by Gasteiger charge is 2.10. The predicted molar refractivity (Wildman–Crippen MR) is 53.9 cm³/mol. The van der Waals surface area contributed by atoms with Crippen molar-refractivity contribution in [3.63, 3.8) is 0 Å². The predicted octanol–water partition coefficient (Wildman–Crippen LogP) is 1.57. The first kappa shape index (κ1) is 9.86. The Balaban J connectivity index is 2.82. The molecule has 0 atom stereocenters. The van der Waals surface area contributed by atoms with E-state index in [-0.39, 0.29) is 22.4 Å². The van der Waals surface area contributed by atoms with Crippen molar-refractivity contribution in [1.29, 1.82) is 5.26 Å². The SMILES string of the molecule is N#Cc1cc(=O)c2cc([N+](=O)[O-])ccc2o1. The van der Waals surface area contributed by atoms with Crippen molar-refractivity contribution in [2.45, 2.75) is 0 Å². The number of hydrogen-bond acceptors (Lipinski definition) is 5. The van der Waals surface area contributed by atoms with Gasteiger partial charge in [0.25, 0.3) is 5.69 Å². The Bertz CT molecular complexity index is 681. The van der Waals surface area contributed by atoms with Gasteiger partial charge in [0.15, 0.2) is 5.43 Å². The summed E-state index contributed by atoms with van der Waals surface area (Å²) in [5.74, 6) is -0.119. The van der Waals surface area contributed by atoms with Crippen LogP contribution in [0.25, 0.3) is 11.0 Å². The summed E-state index contributed by atoms with van der Waals surface area (Å²) >= 11 is 0. The van der Waals surface area contributed by atoms with E-state index in [4.69, 9.17) is 9.68 Å². The second kappa shape index (κ2) is 3.47. The van der Waals surface area contributed by atoms with E-state index >= 15 is 0 Å². The zero-order valence-electron chi connectivity index (χ0n) is 7.84. The highest BCUT2D eigenvalue weighted by atomic mass is 16.6. The molecule has 0 saturated carbocycles. The third kappa shape index (κ3) is 1.50. The van der Waals surface area contributed by atoms with Gasteiger partial charge in [-0.1, -0.05) is 0 Å². The second-order valence-corrected chi connectivity index (χ2v) is 3.02. The van der Waals surface area contributed by atoms with Crippen molar-refractivity contribution >= 4 is 16.7 Å². The molecule has 78 valence electrons. The van der Waals surface area contributed by atoms with Gasteiger partial charge in [-0.2, -0.15) is 5.26 Å². The van der Waals surface area contributed by atoms with E-state index in [9.17, 15) is 14.9 Å². The maximum Gasteiger partial charge on any atom is 0.270 e. The van der Waals surface area contributed by atoms with E-state index in [1.54, 1.807) is 6.07 Å². The quantitative estimate of drug-likeness (QED) is 0.532. The monoisotopic (exact) mass is 216 g/mol. The first-order chi connectivity index (χ1) is 7.61. The van der Waals surface area contributed by atoms with Gasteiger partial charge in [-0.15, -0.1) is 0 Å². The molecule has 2 aromatic rings. The van der Waals surface area contributed by atoms with Gasteiger partial charge in [0.05, 0.1) is 10.3 Å². The van der Waals surface area contributed by atoms with Crippen LogP contribution in [0.5, 0.6) is 0 Å². The molecule has 0 aliphatic heterocycles. The minimum atomic E-state index is -0.600. The zero-order valence-corrected chi connectivity index (χ0v) is 7.84. The molecule has 16 heavy (non-hydrogen) atoms. The smallest absolute Gasteiger partial charge is 0.270 e. The van der Waals surface area contributed by atoms with Gasteiger partial charge in [-0.05, 0) is 6.07 Å². The van der Waals surface area contributed by atoms with Gasteiger partial charge >= 0.3 is 0 Å². The van der Waals surface area contributed by atoms with E-state index in [1.165, 1.54) is 12.1 Å². The zero-order chi connectivity index (χ0) is 11.7.